The molecule has 2 aromatic heterocycles. The molecule has 5 nitrogen and oxygen atoms in total. The molecule has 0 aliphatic carbocycles. The summed E-state index contributed by atoms with van der Waals surface area (Å²) in [4.78, 5) is 25.5. The first-order valence-corrected chi connectivity index (χ1v) is 12.7. The third kappa shape index (κ3) is 5.92. The van der Waals surface area contributed by atoms with Crippen LogP contribution < -0.4 is 9.64 Å². The van der Waals surface area contributed by atoms with Crippen LogP contribution in [0.1, 0.15) is 29.7 Å². The number of amides is 1. The first kappa shape index (κ1) is 23.3. The number of benzene rings is 2. The molecule has 0 unspecified atom stereocenters. The molecule has 0 saturated heterocycles. The maximum atomic E-state index is 13.3. The van der Waals surface area contributed by atoms with Gasteiger partial charge in [-0.3, -0.25) is 14.7 Å². The summed E-state index contributed by atoms with van der Waals surface area (Å²) < 4.78 is 6.31. The minimum Gasteiger partial charge on any atom is -0.497 e. The molecular weight excluding hydrogens is 450 g/mol. The third-order valence-corrected chi connectivity index (χ3v) is 7.57. The number of anilines is 1. The van der Waals surface area contributed by atoms with Gasteiger partial charge in [-0.2, -0.15) is 0 Å². The molecule has 0 atom stereocenters. The van der Waals surface area contributed by atoms with Crippen LogP contribution in [0.25, 0.3) is 10.2 Å². The van der Waals surface area contributed by atoms with Crippen LogP contribution in [0.2, 0.25) is 0 Å². The number of hydrogen-bond donors (Lipinski definition) is 0. The van der Waals surface area contributed by atoms with Crippen molar-refractivity contribution in [2.45, 2.75) is 38.1 Å². The van der Waals surface area contributed by atoms with E-state index in [2.05, 4.69) is 31.0 Å². The Morgan fingerprint density at radius 3 is 2.61 bits per heavy atom. The van der Waals surface area contributed by atoms with Crippen LogP contribution in [0, 0.1) is 13.8 Å². The second kappa shape index (κ2) is 10.8. The van der Waals surface area contributed by atoms with Crippen molar-refractivity contribution in [3.8, 4) is 5.75 Å². The molecule has 0 bridgehead atoms. The van der Waals surface area contributed by atoms with Gasteiger partial charge in [-0.1, -0.05) is 17.4 Å². The Morgan fingerprint density at radius 2 is 1.88 bits per heavy atom. The van der Waals surface area contributed by atoms with Crippen LogP contribution in [0.5, 0.6) is 5.75 Å². The van der Waals surface area contributed by atoms with Crippen molar-refractivity contribution in [2.24, 2.45) is 0 Å². The van der Waals surface area contributed by atoms with Crippen LogP contribution in [0.15, 0.2) is 65.7 Å². The second-order valence-corrected chi connectivity index (χ2v) is 10.0. The smallest absolute Gasteiger partial charge is 0.229 e. The summed E-state index contributed by atoms with van der Waals surface area (Å²) in [6.45, 7) is 4.61. The Morgan fingerprint density at radius 1 is 1.09 bits per heavy atom. The number of ether oxygens (including phenoxy) is 1. The van der Waals surface area contributed by atoms with Gasteiger partial charge in [0.15, 0.2) is 5.13 Å². The number of nitrogens with zero attached hydrogens (tertiary/aromatic N) is 3. The van der Waals surface area contributed by atoms with Crippen molar-refractivity contribution in [1.29, 1.82) is 0 Å². The van der Waals surface area contributed by atoms with Gasteiger partial charge >= 0.3 is 0 Å². The molecule has 4 aromatic rings. The molecule has 0 saturated carbocycles. The summed E-state index contributed by atoms with van der Waals surface area (Å²) in [6.07, 6.45) is 3.01. The molecule has 0 aliphatic rings. The van der Waals surface area contributed by atoms with Gasteiger partial charge in [0.25, 0.3) is 0 Å². The fourth-order valence-corrected chi connectivity index (χ4v) is 5.33. The molecule has 0 aliphatic heterocycles. The van der Waals surface area contributed by atoms with Crippen molar-refractivity contribution in [2.75, 3.05) is 17.8 Å². The van der Waals surface area contributed by atoms with Crippen molar-refractivity contribution in [3.63, 3.8) is 0 Å². The Hall–Kier alpha value is -2.90. The summed E-state index contributed by atoms with van der Waals surface area (Å²) in [5.41, 5.74) is 4.23. The van der Waals surface area contributed by atoms with Crippen LogP contribution in [-0.2, 0) is 11.3 Å². The van der Waals surface area contributed by atoms with Crippen LogP contribution >= 0.6 is 23.1 Å². The van der Waals surface area contributed by atoms with Crippen LogP contribution in [0.4, 0.5) is 5.13 Å². The molecule has 0 radical (unpaired) electrons. The molecule has 170 valence electrons. The average Bonchev–Trinajstić information content (AvgIpc) is 3.23. The minimum atomic E-state index is 0.0727. The highest BCUT2D eigenvalue weighted by molar-refractivity contribution is 7.99. The zero-order valence-corrected chi connectivity index (χ0v) is 20.7. The average molecular weight is 478 g/mol. The van der Waals surface area contributed by atoms with E-state index in [4.69, 9.17) is 9.72 Å². The van der Waals surface area contributed by atoms with Crippen molar-refractivity contribution < 1.29 is 9.53 Å². The van der Waals surface area contributed by atoms with E-state index in [1.54, 1.807) is 41.3 Å². The highest BCUT2D eigenvalue weighted by Gasteiger charge is 2.21. The number of carbonyl (C=O) groups is 1. The number of carbonyl (C=O) groups excluding carboxylic acids is 1. The van der Waals surface area contributed by atoms with Gasteiger partial charge in [-0.05, 0) is 85.7 Å². The number of aromatic nitrogens is 2. The summed E-state index contributed by atoms with van der Waals surface area (Å²) >= 11 is 3.31. The Labute approximate surface area is 202 Å². The third-order valence-electron chi connectivity index (χ3n) is 5.43. The van der Waals surface area contributed by atoms with E-state index in [-0.39, 0.29) is 5.91 Å². The van der Waals surface area contributed by atoms with Crippen molar-refractivity contribution >= 4 is 44.4 Å². The molecule has 2 aromatic carbocycles. The first-order valence-electron chi connectivity index (χ1n) is 10.9. The molecule has 1 amide bonds. The largest absolute Gasteiger partial charge is 0.497 e. The molecular formula is C26H27N3O2S2. The fourth-order valence-electron chi connectivity index (χ4n) is 3.42. The predicted octanol–water partition coefficient (Wildman–Crippen LogP) is 6.42. The number of rotatable bonds is 9. The lowest BCUT2D eigenvalue weighted by Gasteiger charge is -2.19. The molecule has 7 heteroatoms. The highest BCUT2D eigenvalue weighted by atomic mass is 32.2. The van der Waals surface area contributed by atoms with Gasteiger partial charge in [0.05, 0.1) is 29.6 Å². The number of aryl methyl sites for hydroxylation is 2. The maximum absolute atomic E-state index is 13.3. The number of methoxy groups -OCH3 is 1. The van der Waals surface area contributed by atoms with Crippen LogP contribution in [-0.4, -0.2) is 28.7 Å². The standard InChI is InChI=1S/C26H27N3O2S2/c1-18-15-23-24(16-19(18)2)33-26(28-23)29(17-20-7-4-5-13-27-20)25(30)8-6-14-32-22-11-9-21(31-3)10-12-22/h4-5,7,9-13,15-16H,6,8,14,17H2,1-3H3. The lowest BCUT2D eigenvalue weighted by molar-refractivity contribution is -0.118. The topological polar surface area (TPSA) is 55.3 Å². The van der Waals surface area contributed by atoms with E-state index >= 15 is 0 Å². The van der Waals surface area contributed by atoms with Gasteiger partial charge < -0.3 is 4.74 Å². The Kier molecular flexibility index (Phi) is 7.62. The lowest BCUT2D eigenvalue weighted by atomic mass is 10.1. The zero-order chi connectivity index (χ0) is 23.2. The zero-order valence-electron chi connectivity index (χ0n) is 19.1. The van der Waals surface area contributed by atoms with E-state index in [1.165, 1.54) is 16.0 Å². The van der Waals surface area contributed by atoms with Gasteiger partial charge in [-0.15, -0.1) is 11.8 Å². The summed E-state index contributed by atoms with van der Waals surface area (Å²) in [5.74, 6) is 1.79. The SMILES string of the molecule is COc1ccc(SCCCC(=O)N(Cc2ccccn2)c2nc3cc(C)c(C)cc3s2)cc1. The Bertz CT molecular complexity index is 1180. The quantitative estimate of drug-likeness (QED) is 0.206. The van der Waals surface area contributed by atoms with Gasteiger partial charge in [0.1, 0.15) is 5.75 Å². The first-order chi connectivity index (χ1) is 16.0. The summed E-state index contributed by atoms with van der Waals surface area (Å²) in [6, 6.07) is 18.0. The van der Waals surface area contributed by atoms with E-state index in [0.29, 0.717) is 13.0 Å². The summed E-state index contributed by atoms with van der Waals surface area (Å²) in [7, 11) is 1.66. The second-order valence-electron chi connectivity index (χ2n) is 7.83. The number of hydrogen-bond acceptors (Lipinski definition) is 6. The van der Waals surface area contributed by atoms with E-state index in [9.17, 15) is 4.79 Å². The van der Waals surface area contributed by atoms with Crippen LogP contribution in [0.3, 0.4) is 0 Å². The molecule has 2 heterocycles. The normalized spacial score (nSPS) is 11.0. The monoisotopic (exact) mass is 477 g/mol. The van der Waals surface area contributed by atoms with Crippen molar-refractivity contribution in [3.05, 3.63) is 77.6 Å². The number of pyridine rings is 1. The molecule has 0 fully saturated rings. The molecule has 33 heavy (non-hydrogen) atoms. The lowest BCUT2D eigenvalue weighted by Crippen LogP contribution is -2.30. The maximum Gasteiger partial charge on any atom is 0.229 e. The van der Waals surface area contributed by atoms with E-state index in [1.807, 2.05) is 42.5 Å². The van der Waals surface area contributed by atoms with E-state index in [0.717, 1.165) is 39.0 Å². The van der Waals surface area contributed by atoms with Gasteiger partial charge in [0.2, 0.25) is 5.91 Å². The molecule has 0 N–H and O–H groups in total. The fraction of sp³-hybridized carbons (Fsp3) is 0.269. The van der Waals surface area contributed by atoms with Crippen molar-refractivity contribution in [1.82, 2.24) is 9.97 Å². The van der Waals surface area contributed by atoms with Gasteiger partial charge in [-0.25, -0.2) is 4.98 Å². The predicted molar refractivity (Wildman–Crippen MR) is 137 cm³/mol. The van der Waals surface area contributed by atoms with Gasteiger partial charge in [0, 0.05) is 17.5 Å². The van der Waals surface area contributed by atoms with E-state index < -0.39 is 0 Å². The number of thioether (sulfide) groups is 1. The molecule has 0 spiro atoms. The number of thiazole rings is 1. The Balaban J connectivity index is 1.46. The minimum absolute atomic E-state index is 0.0727. The highest BCUT2D eigenvalue weighted by Crippen LogP contribution is 2.32. The summed E-state index contributed by atoms with van der Waals surface area (Å²) in [5, 5.41) is 0.730. The molecule has 4 rings (SSSR count). The number of fused-ring (bicyclic) bond motifs is 1.